The van der Waals surface area contributed by atoms with Crippen LogP contribution in [0.2, 0.25) is 0 Å². The van der Waals surface area contributed by atoms with Crippen LogP contribution in [0, 0.1) is 5.92 Å². The van der Waals surface area contributed by atoms with Crippen LogP contribution in [0.25, 0.3) is 0 Å². The van der Waals surface area contributed by atoms with Crippen LogP contribution in [0.3, 0.4) is 0 Å². The van der Waals surface area contributed by atoms with Crippen molar-refractivity contribution >= 4 is 0 Å². The third kappa shape index (κ3) is 3.98. The average molecular weight is 236 g/mol. The van der Waals surface area contributed by atoms with Gasteiger partial charge in [0.2, 0.25) is 0 Å². The monoisotopic (exact) mass is 236 g/mol. The Kier molecular flexibility index (Phi) is 4.34. The Morgan fingerprint density at radius 1 is 1.59 bits per heavy atom. The smallest absolute Gasteiger partial charge is 0.137 e. The predicted molar refractivity (Wildman–Crippen MR) is 66.0 cm³/mol. The number of pyridine rings is 1. The number of hydrogen-bond acceptors (Lipinski definition) is 4. The highest BCUT2D eigenvalue weighted by atomic mass is 16.5. The first-order valence-electron chi connectivity index (χ1n) is 6.15. The van der Waals surface area contributed by atoms with Crippen molar-refractivity contribution in [2.45, 2.75) is 25.8 Å². The molecule has 1 aromatic heterocycles. The molecule has 0 aliphatic carbocycles. The van der Waals surface area contributed by atoms with Crippen LogP contribution in [0.1, 0.15) is 19.0 Å². The minimum atomic E-state index is 0.143. The van der Waals surface area contributed by atoms with Gasteiger partial charge in [-0.25, -0.2) is 0 Å². The molecule has 1 fully saturated rings. The Morgan fingerprint density at radius 3 is 3.06 bits per heavy atom. The average Bonchev–Trinajstić information content (AvgIpc) is 2.80. The van der Waals surface area contributed by atoms with Gasteiger partial charge in [-0.05, 0) is 25.5 Å². The van der Waals surface area contributed by atoms with Gasteiger partial charge in [-0.3, -0.25) is 4.98 Å². The second kappa shape index (κ2) is 5.98. The molecular formula is C13H20N2O2. The quantitative estimate of drug-likeness (QED) is 0.839. The van der Waals surface area contributed by atoms with Gasteiger partial charge in [-0.2, -0.15) is 0 Å². The van der Waals surface area contributed by atoms with Crippen molar-refractivity contribution in [3.05, 3.63) is 24.0 Å². The van der Waals surface area contributed by atoms with Crippen molar-refractivity contribution in [3.8, 4) is 5.75 Å². The maximum atomic E-state index is 5.72. The number of nitrogens with zero attached hydrogens (tertiary/aromatic N) is 1. The highest BCUT2D eigenvalue weighted by Gasteiger charge is 2.16. The Balaban J connectivity index is 1.80. The van der Waals surface area contributed by atoms with Crippen LogP contribution < -0.4 is 10.5 Å². The molecule has 0 radical (unpaired) electrons. The SMILES string of the molecule is CC(N)Cc1ccc(OCC2CCOC2)cn1. The molecule has 0 saturated carbocycles. The van der Waals surface area contributed by atoms with Crippen LogP contribution in [0.15, 0.2) is 18.3 Å². The van der Waals surface area contributed by atoms with Crippen molar-refractivity contribution in [3.63, 3.8) is 0 Å². The van der Waals surface area contributed by atoms with Crippen molar-refractivity contribution in [1.82, 2.24) is 4.98 Å². The van der Waals surface area contributed by atoms with Gasteiger partial charge in [0.25, 0.3) is 0 Å². The summed E-state index contributed by atoms with van der Waals surface area (Å²) in [5.74, 6) is 1.35. The molecule has 1 aliphatic rings. The summed E-state index contributed by atoms with van der Waals surface area (Å²) in [6.07, 6.45) is 3.67. The zero-order chi connectivity index (χ0) is 12.1. The van der Waals surface area contributed by atoms with E-state index in [0.29, 0.717) is 12.5 Å². The summed E-state index contributed by atoms with van der Waals surface area (Å²) >= 11 is 0. The van der Waals surface area contributed by atoms with E-state index in [1.54, 1.807) is 6.20 Å². The molecule has 4 heteroatoms. The van der Waals surface area contributed by atoms with Gasteiger partial charge < -0.3 is 15.2 Å². The van der Waals surface area contributed by atoms with Crippen LogP contribution >= 0.6 is 0 Å². The molecule has 2 unspecified atom stereocenters. The predicted octanol–water partition coefficient (Wildman–Crippen LogP) is 1.39. The molecule has 1 aromatic rings. The van der Waals surface area contributed by atoms with E-state index in [9.17, 15) is 0 Å². The van der Waals surface area contributed by atoms with E-state index in [1.807, 2.05) is 19.1 Å². The lowest BCUT2D eigenvalue weighted by Crippen LogP contribution is -2.18. The fourth-order valence-electron chi connectivity index (χ4n) is 1.88. The van der Waals surface area contributed by atoms with Gasteiger partial charge in [0.05, 0.1) is 19.4 Å². The van der Waals surface area contributed by atoms with Gasteiger partial charge in [0.15, 0.2) is 0 Å². The Hall–Kier alpha value is -1.13. The molecule has 4 nitrogen and oxygen atoms in total. The first-order chi connectivity index (χ1) is 8.24. The van der Waals surface area contributed by atoms with Crippen molar-refractivity contribution < 1.29 is 9.47 Å². The van der Waals surface area contributed by atoms with Crippen molar-refractivity contribution in [2.24, 2.45) is 11.7 Å². The van der Waals surface area contributed by atoms with Crippen molar-refractivity contribution in [1.29, 1.82) is 0 Å². The Morgan fingerprint density at radius 2 is 2.47 bits per heavy atom. The largest absolute Gasteiger partial charge is 0.492 e. The normalized spacial score (nSPS) is 21.4. The molecule has 0 spiro atoms. The van der Waals surface area contributed by atoms with E-state index in [0.717, 1.165) is 37.5 Å². The summed E-state index contributed by atoms with van der Waals surface area (Å²) in [6, 6.07) is 4.08. The highest BCUT2D eigenvalue weighted by Crippen LogP contribution is 2.16. The van der Waals surface area contributed by atoms with Gasteiger partial charge in [0.1, 0.15) is 5.75 Å². The molecule has 2 atom stereocenters. The zero-order valence-electron chi connectivity index (χ0n) is 10.3. The number of ether oxygens (including phenoxy) is 2. The first-order valence-corrected chi connectivity index (χ1v) is 6.15. The number of aromatic nitrogens is 1. The van der Waals surface area contributed by atoms with Gasteiger partial charge in [-0.1, -0.05) is 0 Å². The van der Waals surface area contributed by atoms with Crippen LogP contribution in [0.4, 0.5) is 0 Å². The molecule has 2 heterocycles. The molecule has 0 amide bonds. The zero-order valence-corrected chi connectivity index (χ0v) is 10.3. The maximum Gasteiger partial charge on any atom is 0.137 e. The summed E-state index contributed by atoms with van der Waals surface area (Å²) < 4.78 is 11.0. The molecule has 1 saturated heterocycles. The lowest BCUT2D eigenvalue weighted by Gasteiger charge is -2.10. The van der Waals surface area contributed by atoms with E-state index in [-0.39, 0.29) is 6.04 Å². The Labute approximate surface area is 102 Å². The second-order valence-corrected chi connectivity index (χ2v) is 4.71. The van der Waals surface area contributed by atoms with E-state index < -0.39 is 0 Å². The molecular weight excluding hydrogens is 216 g/mol. The van der Waals surface area contributed by atoms with Gasteiger partial charge in [-0.15, -0.1) is 0 Å². The Bertz CT molecular complexity index is 332. The lowest BCUT2D eigenvalue weighted by atomic mass is 10.1. The van der Waals surface area contributed by atoms with Crippen LogP contribution in [0.5, 0.6) is 5.75 Å². The molecule has 94 valence electrons. The van der Waals surface area contributed by atoms with Gasteiger partial charge >= 0.3 is 0 Å². The molecule has 17 heavy (non-hydrogen) atoms. The van der Waals surface area contributed by atoms with E-state index in [1.165, 1.54) is 0 Å². The standard InChI is InChI=1S/C13H20N2O2/c1-10(14)6-12-2-3-13(7-15-12)17-9-11-4-5-16-8-11/h2-3,7,10-11H,4-6,8-9,14H2,1H3. The number of hydrogen-bond donors (Lipinski definition) is 1. The van der Waals surface area contributed by atoms with E-state index in [4.69, 9.17) is 15.2 Å². The maximum absolute atomic E-state index is 5.72. The minimum absolute atomic E-state index is 0.143. The minimum Gasteiger partial charge on any atom is -0.492 e. The summed E-state index contributed by atoms with van der Waals surface area (Å²) in [4.78, 5) is 4.33. The molecule has 1 aliphatic heterocycles. The second-order valence-electron chi connectivity index (χ2n) is 4.71. The fourth-order valence-corrected chi connectivity index (χ4v) is 1.88. The topological polar surface area (TPSA) is 57.4 Å². The van der Waals surface area contributed by atoms with Gasteiger partial charge in [0, 0.05) is 30.7 Å². The fraction of sp³-hybridized carbons (Fsp3) is 0.615. The summed E-state index contributed by atoms with van der Waals surface area (Å²) in [5, 5.41) is 0. The summed E-state index contributed by atoms with van der Waals surface area (Å²) in [6.45, 7) is 4.37. The molecule has 2 rings (SSSR count). The summed E-state index contributed by atoms with van der Waals surface area (Å²) in [5.41, 5.74) is 6.73. The first kappa shape index (κ1) is 12.3. The van der Waals surface area contributed by atoms with E-state index >= 15 is 0 Å². The molecule has 0 bridgehead atoms. The summed E-state index contributed by atoms with van der Waals surface area (Å²) in [7, 11) is 0. The third-order valence-electron chi connectivity index (χ3n) is 2.84. The van der Waals surface area contributed by atoms with Crippen molar-refractivity contribution in [2.75, 3.05) is 19.8 Å². The van der Waals surface area contributed by atoms with Crippen LogP contribution in [-0.2, 0) is 11.2 Å². The number of nitrogens with two attached hydrogens (primary N) is 1. The lowest BCUT2D eigenvalue weighted by molar-refractivity contribution is 0.167. The highest BCUT2D eigenvalue weighted by molar-refractivity contribution is 5.20. The van der Waals surface area contributed by atoms with E-state index in [2.05, 4.69) is 4.98 Å². The molecule has 2 N–H and O–H groups in total. The number of rotatable bonds is 5. The third-order valence-corrected chi connectivity index (χ3v) is 2.84. The molecule has 0 aromatic carbocycles. The van der Waals surface area contributed by atoms with Crippen LogP contribution in [-0.4, -0.2) is 30.8 Å².